The maximum absolute atomic E-state index is 13.2. The number of aryl methyl sites for hydroxylation is 1. The summed E-state index contributed by atoms with van der Waals surface area (Å²) in [7, 11) is 8.00. The van der Waals surface area contributed by atoms with Crippen LogP contribution in [0, 0.1) is 12.3 Å². The van der Waals surface area contributed by atoms with Gasteiger partial charge in [0.15, 0.2) is 0 Å². The summed E-state index contributed by atoms with van der Waals surface area (Å²) in [6.45, 7) is 4.53. The number of likely N-dealkylation sites (N-methyl/N-ethyl adjacent to an activating group) is 1. The van der Waals surface area contributed by atoms with E-state index in [1.54, 1.807) is 0 Å². The number of nitrogens with zero attached hydrogens (tertiary/aromatic N) is 3. The second kappa shape index (κ2) is 8.30. The van der Waals surface area contributed by atoms with Crippen LogP contribution in [0.25, 0.3) is 0 Å². The maximum Gasteiger partial charge on any atom is 0.244 e. The average molecular weight is 348 g/mol. The minimum atomic E-state index is -0.253. The van der Waals surface area contributed by atoms with E-state index in [2.05, 4.69) is 17.9 Å². The fourth-order valence-corrected chi connectivity index (χ4v) is 3.94. The molecule has 0 aliphatic carbocycles. The van der Waals surface area contributed by atoms with Crippen molar-refractivity contribution in [3.8, 4) is 0 Å². The van der Waals surface area contributed by atoms with Crippen molar-refractivity contribution in [3.05, 3.63) is 35.4 Å². The summed E-state index contributed by atoms with van der Waals surface area (Å²) < 4.78 is 0. The number of amides is 1. The van der Waals surface area contributed by atoms with Gasteiger partial charge in [0.05, 0.1) is 6.61 Å². The standard InChI is InChI=1S/C20H33N3O2/c1-16-8-6-7-9-17(16)18(22(4)5)19(25)23-12-10-20(15-24,11-13-23)14-21(2)3/h6-9,18,24H,10-15H2,1-5H3/t18-/m1/s1. The van der Waals surface area contributed by atoms with E-state index in [0.29, 0.717) is 13.1 Å². The van der Waals surface area contributed by atoms with Gasteiger partial charge in [-0.15, -0.1) is 0 Å². The van der Waals surface area contributed by atoms with Crippen molar-refractivity contribution < 1.29 is 9.90 Å². The minimum Gasteiger partial charge on any atom is -0.396 e. The number of benzene rings is 1. The SMILES string of the molecule is Cc1ccccc1[C@H](C(=O)N1CCC(CO)(CN(C)C)CC1)N(C)C. The van der Waals surface area contributed by atoms with Crippen LogP contribution in [0.4, 0.5) is 0 Å². The number of piperidine rings is 1. The predicted octanol–water partition coefficient (Wildman–Crippen LogP) is 1.76. The highest BCUT2D eigenvalue weighted by Gasteiger charge is 2.38. The Bertz CT molecular complexity index is 578. The van der Waals surface area contributed by atoms with Crippen molar-refractivity contribution in [1.29, 1.82) is 0 Å². The number of carbonyl (C=O) groups is 1. The van der Waals surface area contributed by atoms with Gasteiger partial charge in [-0.05, 0) is 59.1 Å². The van der Waals surface area contributed by atoms with Crippen molar-refractivity contribution in [2.45, 2.75) is 25.8 Å². The van der Waals surface area contributed by atoms with Gasteiger partial charge in [-0.3, -0.25) is 9.69 Å². The Kier molecular flexibility index (Phi) is 6.60. The first-order chi connectivity index (χ1) is 11.8. The van der Waals surface area contributed by atoms with Gasteiger partial charge >= 0.3 is 0 Å². The van der Waals surface area contributed by atoms with Crippen molar-refractivity contribution >= 4 is 5.91 Å². The van der Waals surface area contributed by atoms with Crippen LogP contribution in [-0.2, 0) is 4.79 Å². The Labute approximate surface area is 152 Å². The number of aliphatic hydroxyl groups is 1. The quantitative estimate of drug-likeness (QED) is 0.852. The van der Waals surface area contributed by atoms with Crippen LogP contribution in [0.2, 0.25) is 0 Å². The topological polar surface area (TPSA) is 47.0 Å². The smallest absolute Gasteiger partial charge is 0.244 e. The lowest BCUT2D eigenvalue weighted by Gasteiger charge is -2.43. The molecule has 140 valence electrons. The predicted molar refractivity (Wildman–Crippen MR) is 101 cm³/mol. The molecule has 5 nitrogen and oxygen atoms in total. The highest BCUT2D eigenvalue weighted by Crippen LogP contribution is 2.33. The molecular weight excluding hydrogens is 314 g/mol. The molecule has 1 saturated heterocycles. The van der Waals surface area contributed by atoms with E-state index in [9.17, 15) is 9.90 Å². The molecule has 1 amide bonds. The van der Waals surface area contributed by atoms with E-state index < -0.39 is 0 Å². The first-order valence-electron chi connectivity index (χ1n) is 9.06. The van der Waals surface area contributed by atoms with Crippen molar-refractivity contribution in [1.82, 2.24) is 14.7 Å². The molecule has 0 bridgehead atoms. The Morgan fingerprint density at radius 1 is 1.20 bits per heavy atom. The molecule has 1 aliphatic heterocycles. The molecule has 0 radical (unpaired) electrons. The number of likely N-dealkylation sites (tertiary alicyclic amines) is 1. The molecule has 1 aliphatic rings. The second-order valence-corrected chi connectivity index (χ2v) is 7.94. The third kappa shape index (κ3) is 4.60. The van der Waals surface area contributed by atoms with E-state index in [-0.39, 0.29) is 24.0 Å². The van der Waals surface area contributed by atoms with Crippen LogP contribution in [-0.4, -0.2) is 80.1 Å². The molecule has 2 rings (SSSR count). The van der Waals surface area contributed by atoms with E-state index in [4.69, 9.17) is 0 Å². The lowest BCUT2D eigenvalue weighted by Crippen LogP contribution is -2.50. The summed E-state index contributed by atoms with van der Waals surface area (Å²) in [5.41, 5.74) is 2.13. The zero-order chi connectivity index (χ0) is 18.6. The Hall–Kier alpha value is -1.43. The highest BCUT2D eigenvalue weighted by atomic mass is 16.3. The number of carbonyl (C=O) groups excluding carboxylic acids is 1. The first-order valence-corrected chi connectivity index (χ1v) is 9.06. The normalized spacial score (nSPS) is 18.6. The number of hydrogen-bond acceptors (Lipinski definition) is 4. The van der Waals surface area contributed by atoms with Gasteiger partial charge in [0.1, 0.15) is 6.04 Å². The fraction of sp³-hybridized carbons (Fsp3) is 0.650. The molecule has 25 heavy (non-hydrogen) atoms. The number of hydrogen-bond donors (Lipinski definition) is 1. The Morgan fingerprint density at radius 2 is 1.80 bits per heavy atom. The maximum atomic E-state index is 13.2. The van der Waals surface area contributed by atoms with Crippen molar-refractivity contribution in [2.24, 2.45) is 5.41 Å². The molecule has 1 atom stereocenters. The summed E-state index contributed by atoms with van der Waals surface area (Å²) >= 11 is 0. The van der Waals surface area contributed by atoms with Crippen LogP contribution in [0.1, 0.15) is 30.0 Å². The van der Waals surface area contributed by atoms with Crippen LogP contribution < -0.4 is 0 Å². The van der Waals surface area contributed by atoms with E-state index >= 15 is 0 Å². The molecule has 1 N–H and O–H groups in total. The summed E-state index contributed by atoms with van der Waals surface area (Å²) in [6, 6.07) is 7.86. The molecule has 0 aromatic heterocycles. The van der Waals surface area contributed by atoms with E-state index in [0.717, 1.165) is 30.5 Å². The Morgan fingerprint density at radius 3 is 2.28 bits per heavy atom. The van der Waals surface area contributed by atoms with Gasteiger partial charge in [-0.1, -0.05) is 24.3 Å². The highest BCUT2D eigenvalue weighted by molar-refractivity contribution is 5.83. The van der Waals surface area contributed by atoms with Gasteiger partial charge in [0.2, 0.25) is 5.91 Å². The van der Waals surface area contributed by atoms with E-state index in [1.807, 2.05) is 56.2 Å². The van der Waals surface area contributed by atoms with Gasteiger partial charge in [-0.25, -0.2) is 0 Å². The third-order valence-electron chi connectivity index (χ3n) is 5.36. The van der Waals surface area contributed by atoms with Gasteiger partial charge in [0.25, 0.3) is 0 Å². The van der Waals surface area contributed by atoms with Gasteiger partial charge in [0, 0.05) is 25.0 Å². The van der Waals surface area contributed by atoms with Crippen molar-refractivity contribution in [3.63, 3.8) is 0 Å². The van der Waals surface area contributed by atoms with Crippen LogP contribution >= 0.6 is 0 Å². The molecule has 0 spiro atoms. The summed E-state index contributed by atoms with van der Waals surface area (Å²) in [5, 5.41) is 9.89. The number of aliphatic hydroxyl groups excluding tert-OH is 1. The number of rotatable bonds is 6. The van der Waals surface area contributed by atoms with Crippen LogP contribution in [0.3, 0.4) is 0 Å². The molecular formula is C20H33N3O2. The molecule has 1 aromatic carbocycles. The van der Waals surface area contributed by atoms with E-state index in [1.165, 1.54) is 0 Å². The van der Waals surface area contributed by atoms with Crippen molar-refractivity contribution in [2.75, 3.05) is 54.4 Å². The Balaban J connectivity index is 2.13. The molecule has 0 saturated carbocycles. The molecule has 1 aromatic rings. The average Bonchev–Trinajstić information content (AvgIpc) is 2.56. The second-order valence-electron chi connectivity index (χ2n) is 7.94. The lowest BCUT2D eigenvalue weighted by molar-refractivity contribution is -0.139. The largest absolute Gasteiger partial charge is 0.396 e. The minimum absolute atomic E-state index is 0.0867. The van der Waals surface area contributed by atoms with Gasteiger partial charge in [-0.2, -0.15) is 0 Å². The summed E-state index contributed by atoms with van der Waals surface area (Å²) in [5.74, 6) is 0.163. The molecule has 1 fully saturated rings. The molecule has 0 unspecified atom stereocenters. The fourth-order valence-electron chi connectivity index (χ4n) is 3.94. The monoisotopic (exact) mass is 347 g/mol. The van der Waals surface area contributed by atoms with Crippen LogP contribution in [0.15, 0.2) is 24.3 Å². The van der Waals surface area contributed by atoms with Gasteiger partial charge < -0.3 is 14.9 Å². The zero-order valence-electron chi connectivity index (χ0n) is 16.3. The van der Waals surface area contributed by atoms with Crippen LogP contribution in [0.5, 0.6) is 0 Å². The zero-order valence-corrected chi connectivity index (χ0v) is 16.3. The summed E-state index contributed by atoms with van der Waals surface area (Å²) in [4.78, 5) is 19.3. The summed E-state index contributed by atoms with van der Waals surface area (Å²) in [6.07, 6.45) is 1.70. The third-order valence-corrected chi connectivity index (χ3v) is 5.36. The molecule has 1 heterocycles. The first kappa shape index (κ1) is 19.9. The molecule has 5 heteroatoms. The lowest BCUT2D eigenvalue weighted by atomic mass is 9.78.